The smallest absolute Gasteiger partial charge is 0.341 e. The van der Waals surface area contributed by atoms with Gasteiger partial charge in [-0.3, -0.25) is 9.78 Å². The fourth-order valence-corrected chi connectivity index (χ4v) is 4.30. The minimum absolute atomic E-state index is 0.133. The molecule has 1 saturated heterocycles. The van der Waals surface area contributed by atoms with E-state index in [0.29, 0.717) is 22.3 Å². The van der Waals surface area contributed by atoms with E-state index >= 15 is 0 Å². The standard InChI is InChI=1S/C27H29N3O10/c1-13(32)29-22-24(34)23(33)20(12-31)40-27(22)39-16-7-5-15(6-8-16)30-21-17-10-14(25(35)37-2)4-9-19(17)28-11-18(21)26(36)38-3/h4-11,20,22-24,27,31,33-34H,12H2,1-3H3,(H,28,30)(H,29,32)/t20-,22+,23-,24+,27+/m1/s1. The molecule has 5 atom stereocenters. The Kier molecular flexibility index (Phi) is 8.80. The summed E-state index contributed by atoms with van der Waals surface area (Å²) in [4.78, 5) is 40.6. The van der Waals surface area contributed by atoms with Crippen LogP contribution in [0.4, 0.5) is 11.4 Å². The van der Waals surface area contributed by atoms with Crippen LogP contribution in [0.5, 0.6) is 5.75 Å². The van der Waals surface area contributed by atoms with E-state index in [1.54, 1.807) is 42.5 Å². The van der Waals surface area contributed by atoms with E-state index in [4.69, 9.17) is 18.9 Å². The number of aliphatic hydroxyl groups is 3. The number of ether oxygens (including phenoxy) is 4. The zero-order chi connectivity index (χ0) is 29.0. The molecule has 0 saturated carbocycles. The molecular formula is C27H29N3O10. The molecule has 13 nitrogen and oxygen atoms in total. The normalized spacial score (nSPS) is 22.3. The molecular weight excluding hydrogens is 526 g/mol. The fourth-order valence-electron chi connectivity index (χ4n) is 4.30. The van der Waals surface area contributed by atoms with Gasteiger partial charge in [-0.1, -0.05) is 0 Å². The van der Waals surface area contributed by atoms with Gasteiger partial charge >= 0.3 is 11.9 Å². The molecule has 0 radical (unpaired) electrons. The van der Waals surface area contributed by atoms with Crippen LogP contribution >= 0.6 is 0 Å². The summed E-state index contributed by atoms with van der Waals surface area (Å²) in [6.45, 7) is 0.669. The quantitative estimate of drug-likeness (QED) is 0.247. The number of hydrogen-bond acceptors (Lipinski definition) is 12. The van der Waals surface area contributed by atoms with Crippen molar-refractivity contribution in [2.75, 3.05) is 26.1 Å². The van der Waals surface area contributed by atoms with Crippen LogP contribution in [-0.2, 0) is 19.0 Å². The molecule has 0 bridgehead atoms. The van der Waals surface area contributed by atoms with Gasteiger partial charge in [0.15, 0.2) is 0 Å². The molecule has 1 amide bonds. The first-order valence-electron chi connectivity index (χ1n) is 12.2. The molecule has 0 spiro atoms. The zero-order valence-corrected chi connectivity index (χ0v) is 21.9. The predicted molar refractivity (Wildman–Crippen MR) is 140 cm³/mol. The molecule has 40 heavy (non-hydrogen) atoms. The Hall–Kier alpha value is -4.30. The highest BCUT2D eigenvalue weighted by Gasteiger charge is 2.46. The van der Waals surface area contributed by atoms with Crippen LogP contribution < -0.4 is 15.4 Å². The number of anilines is 2. The number of carbonyl (C=O) groups is 3. The molecule has 5 N–H and O–H groups in total. The van der Waals surface area contributed by atoms with Crippen molar-refractivity contribution in [2.45, 2.75) is 37.6 Å². The monoisotopic (exact) mass is 555 g/mol. The van der Waals surface area contributed by atoms with Crippen molar-refractivity contribution in [3.63, 3.8) is 0 Å². The lowest BCUT2D eigenvalue weighted by Crippen LogP contribution is -2.65. The second-order valence-corrected chi connectivity index (χ2v) is 8.96. The van der Waals surface area contributed by atoms with Gasteiger partial charge in [-0.2, -0.15) is 0 Å². The van der Waals surface area contributed by atoms with Crippen molar-refractivity contribution in [1.82, 2.24) is 10.3 Å². The highest BCUT2D eigenvalue weighted by atomic mass is 16.7. The Morgan fingerprint density at radius 3 is 2.33 bits per heavy atom. The molecule has 1 aromatic heterocycles. The number of carbonyl (C=O) groups excluding carboxylic acids is 3. The van der Waals surface area contributed by atoms with Crippen molar-refractivity contribution in [2.24, 2.45) is 0 Å². The highest BCUT2D eigenvalue weighted by Crippen LogP contribution is 2.32. The number of nitrogens with zero attached hydrogens (tertiary/aromatic N) is 1. The summed E-state index contributed by atoms with van der Waals surface area (Å²) in [7, 11) is 2.51. The van der Waals surface area contributed by atoms with Crippen LogP contribution in [0.15, 0.2) is 48.7 Å². The summed E-state index contributed by atoms with van der Waals surface area (Å²) >= 11 is 0. The third kappa shape index (κ3) is 5.97. The van der Waals surface area contributed by atoms with Crippen LogP contribution in [0.1, 0.15) is 27.6 Å². The highest BCUT2D eigenvalue weighted by molar-refractivity contribution is 6.07. The number of pyridine rings is 1. The summed E-state index contributed by atoms with van der Waals surface area (Å²) < 4.78 is 21.2. The lowest BCUT2D eigenvalue weighted by Gasteiger charge is -2.42. The Labute approximate surface area is 228 Å². The first-order valence-corrected chi connectivity index (χ1v) is 12.2. The van der Waals surface area contributed by atoms with Crippen LogP contribution in [0.2, 0.25) is 0 Å². The van der Waals surface area contributed by atoms with E-state index in [9.17, 15) is 29.7 Å². The second-order valence-electron chi connectivity index (χ2n) is 8.96. The molecule has 4 rings (SSSR count). The molecule has 0 unspecified atom stereocenters. The SMILES string of the molecule is COC(=O)c1ccc2ncc(C(=O)OC)c(Nc3ccc(O[C@H]4O[C@H](CO)[C@@H](O)[C@@H](O)[C@@H]4NC(C)=O)cc3)c2c1. The average Bonchev–Trinajstić information content (AvgIpc) is 2.96. The van der Waals surface area contributed by atoms with Crippen LogP contribution in [0, 0.1) is 0 Å². The molecule has 2 aromatic carbocycles. The predicted octanol–water partition coefficient (Wildman–Crippen LogP) is 0.874. The number of methoxy groups -OCH3 is 2. The Balaban J connectivity index is 1.63. The van der Waals surface area contributed by atoms with Crippen molar-refractivity contribution in [3.05, 3.63) is 59.8 Å². The third-order valence-electron chi connectivity index (χ3n) is 6.32. The minimum Gasteiger partial charge on any atom is -0.465 e. The van der Waals surface area contributed by atoms with Crippen LogP contribution in [-0.4, -0.2) is 89.6 Å². The lowest BCUT2D eigenvalue weighted by atomic mass is 9.97. The number of aromatic nitrogens is 1. The number of fused-ring (bicyclic) bond motifs is 1. The molecule has 1 aliphatic heterocycles. The minimum atomic E-state index is -1.45. The van der Waals surface area contributed by atoms with E-state index < -0.39 is 55.1 Å². The van der Waals surface area contributed by atoms with Crippen molar-refractivity contribution in [3.8, 4) is 5.75 Å². The maximum absolute atomic E-state index is 12.5. The summed E-state index contributed by atoms with van der Waals surface area (Å²) in [6.07, 6.45) is -3.87. The van der Waals surface area contributed by atoms with Gasteiger partial charge in [0.25, 0.3) is 0 Å². The van der Waals surface area contributed by atoms with Gasteiger partial charge in [0.2, 0.25) is 12.2 Å². The van der Waals surface area contributed by atoms with Gasteiger partial charge in [-0.05, 0) is 42.5 Å². The first kappa shape index (κ1) is 28.7. The van der Waals surface area contributed by atoms with Gasteiger partial charge in [0.05, 0.1) is 37.6 Å². The average molecular weight is 556 g/mol. The van der Waals surface area contributed by atoms with Crippen molar-refractivity contribution in [1.29, 1.82) is 0 Å². The number of aliphatic hydroxyl groups excluding tert-OH is 3. The molecule has 1 fully saturated rings. The maximum atomic E-state index is 12.5. The van der Waals surface area contributed by atoms with Crippen LogP contribution in [0.25, 0.3) is 10.9 Å². The number of nitrogens with one attached hydrogen (secondary N) is 2. The van der Waals surface area contributed by atoms with Gasteiger partial charge < -0.3 is 44.9 Å². The first-order chi connectivity index (χ1) is 19.2. The van der Waals surface area contributed by atoms with E-state index in [1.807, 2.05) is 0 Å². The fraction of sp³-hybridized carbons (Fsp3) is 0.333. The third-order valence-corrected chi connectivity index (χ3v) is 6.32. The van der Waals surface area contributed by atoms with Gasteiger partial charge in [0, 0.05) is 24.2 Å². The molecule has 0 aliphatic carbocycles. The molecule has 2 heterocycles. The summed E-state index contributed by atoms with van der Waals surface area (Å²) in [6, 6.07) is 10.1. The number of hydrogen-bond donors (Lipinski definition) is 5. The van der Waals surface area contributed by atoms with Crippen molar-refractivity contribution < 1.29 is 48.7 Å². The van der Waals surface area contributed by atoms with Crippen LogP contribution in [0.3, 0.4) is 0 Å². The number of amides is 1. The zero-order valence-electron chi connectivity index (χ0n) is 21.9. The Bertz CT molecular complexity index is 1390. The van der Waals surface area contributed by atoms with Gasteiger partial charge in [0.1, 0.15) is 35.7 Å². The summed E-state index contributed by atoms with van der Waals surface area (Å²) in [5.41, 5.74) is 1.79. The molecule has 3 aromatic rings. The van der Waals surface area contributed by atoms with Gasteiger partial charge in [-0.25, -0.2) is 9.59 Å². The summed E-state index contributed by atoms with van der Waals surface area (Å²) in [5, 5.41) is 36.3. The number of rotatable bonds is 8. The molecule has 13 heteroatoms. The topological polar surface area (TPSA) is 186 Å². The maximum Gasteiger partial charge on any atom is 0.341 e. The van der Waals surface area contributed by atoms with Crippen molar-refractivity contribution >= 4 is 40.1 Å². The Morgan fingerprint density at radius 2 is 1.70 bits per heavy atom. The second kappa shape index (κ2) is 12.3. The Morgan fingerprint density at radius 1 is 1.00 bits per heavy atom. The number of benzene rings is 2. The van der Waals surface area contributed by atoms with E-state index in [1.165, 1.54) is 27.3 Å². The molecule has 1 aliphatic rings. The number of esters is 2. The van der Waals surface area contributed by atoms with E-state index in [-0.39, 0.29) is 16.9 Å². The van der Waals surface area contributed by atoms with Gasteiger partial charge in [-0.15, -0.1) is 0 Å². The summed E-state index contributed by atoms with van der Waals surface area (Å²) in [5.74, 6) is -1.39. The van der Waals surface area contributed by atoms with E-state index in [0.717, 1.165) is 0 Å². The lowest BCUT2D eigenvalue weighted by molar-refractivity contribution is -0.244. The van der Waals surface area contributed by atoms with E-state index in [2.05, 4.69) is 15.6 Å². The largest absolute Gasteiger partial charge is 0.465 e. The molecule has 212 valence electrons.